The number of hydrogen-bond acceptors (Lipinski definition) is 4. The lowest BCUT2D eigenvalue weighted by molar-refractivity contribution is 0.269. The molecule has 5 nitrogen and oxygen atoms in total. The molecule has 0 fully saturated rings. The number of nitrogens with one attached hydrogen (secondary N) is 2. The van der Waals surface area contributed by atoms with Crippen LogP contribution in [0.5, 0.6) is 11.5 Å². The maximum absolute atomic E-state index is 6.57. The van der Waals surface area contributed by atoms with Crippen LogP contribution in [0.15, 0.2) is 60.7 Å². The zero-order chi connectivity index (χ0) is 21.6. The Labute approximate surface area is 187 Å². The van der Waals surface area contributed by atoms with Crippen LogP contribution in [0.3, 0.4) is 0 Å². The predicted octanol–water partition coefficient (Wildman–Crippen LogP) is 5.79. The van der Waals surface area contributed by atoms with Crippen molar-refractivity contribution in [2.24, 2.45) is 0 Å². The van der Waals surface area contributed by atoms with Crippen molar-refractivity contribution in [2.45, 2.75) is 33.5 Å². The first-order valence-electron chi connectivity index (χ1n) is 10.4. The van der Waals surface area contributed by atoms with Crippen LogP contribution in [0.2, 0.25) is 5.02 Å². The van der Waals surface area contributed by atoms with E-state index in [2.05, 4.69) is 34.3 Å². The van der Waals surface area contributed by atoms with E-state index in [0.717, 1.165) is 28.0 Å². The van der Waals surface area contributed by atoms with Gasteiger partial charge in [-0.1, -0.05) is 53.6 Å². The number of aryl methyl sites for hydroxylation is 1. The van der Waals surface area contributed by atoms with Crippen LogP contribution in [0.4, 0.5) is 0 Å². The number of aromatic amines is 1. The molecule has 0 bridgehead atoms. The number of imidazole rings is 1. The maximum Gasteiger partial charge on any atom is 0.180 e. The van der Waals surface area contributed by atoms with E-state index in [-0.39, 0.29) is 0 Å². The standard InChI is InChI=1S/C25H26ClN3O2/c1-3-30-23-13-19(14-27-15-24-28-21-9-4-5-10-22(21)29-24)12-20(26)25(23)31-16-18-8-6-7-17(2)11-18/h4-13,27H,3,14-16H2,1-2H3,(H,28,29). The van der Waals surface area contributed by atoms with Crippen molar-refractivity contribution in [3.8, 4) is 11.5 Å². The van der Waals surface area contributed by atoms with Gasteiger partial charge in [-0.15, -0.1) is 0 Å². The lowest BCUT2D eigenvalue weighted by Crippen LogP contribution is -2.14. The fourth-order valence-corrected chi connectivity index (χ4v) is 3.79. The predicted molar refractivity (Wildman–Crippen MR) is 125 cm³/mol. The third-order valence-electron chi connectivity index (χ3n) is 4.89. The van der Waals surface area contributed by atoms with E-state index in [1.807, 2.05) is 55.5 Å². The molecule has 160 valence electrons. The molecule has 0 saturated carbocycles. The number of halogens is 1. The second kappa shape index (κ2) is 9.86. The molecule has 0 saturated heterocycles. The number of aromatic nitrogens is 2. The normalized spacial score (nSPS) is 11.1. The Balaban J connectivity index is 1.43. The average molecular weight is 436 g/mol. The fourth-order valence-electron chi connectivity index (χ4n) is 3.50. The topological polar surface area (TPSA) is 59.2 Å². The van der Waals surface area contributed by atoms with Crippen molar-refractivity contribution < 1.29 is 9.47 Å². The molecule has 4 aromatic rings. The van der Waals surface area contributed by atoms with Crippen LogP contribution in [-0.2, 0) is 19.7 Å². The molecule has 0 unspecified atom stereocenters. The van der Waals surface area contributed by atoms with Crippen molar-refractivity contribution in [3.05, 3.63) is 88.2 Å². The van der Waals surface area contributed by atoms with Gasteiger partial charge >= 0.3 is 0 Å². The van der Waals surface area contributed by atoms with E-state index in [1.165, 1.54) is 5.56 Å². The largest absolute Gasteiger partial charge is 0.490 e. The van der Waals surface area contributed by atoms with Crippen molar-refractivity contribution in [1.29, 1.82) is 0 Å². The van der Waals surface area contributed by atoms with E-state index in [1.54, 1.807) is 0 Å². The lowest BCUT2D eigenvalue weighted by atomic mass is 10.1. The Kier molecular flexibility index (Phi) is 6.75. The Morgan fingerprint density at radius 2 is 1.84 bits per heavy atom. The number of ether oxygens (including phenoxy) is 2. The SMILES string of the molecule is CCOc1cc(CNCc2nc3ccccc3[nH]2)cc(Cl)c1OCc1cccc(C)c1. The van der Waals surface area contributed by atoms with Gasteiger partial charge in [0.2, 0.25) is 0 Å². The molecule has 0 amide bonds. The Morgan fingerprint density at radius 3 is 2.65 bits per heavy atom. The molecule has 0 atom stereocenters. The minimum absolute atomic E-state index is 0.436. The number of benzene rings is 3. The summed E-state index contributed by atoms with van der Waals surface area (Å²) in [4.78, 5) is 7.92. The number of hydrogen-bond donors (Lipinski definition) is 2. The summed E-state index contributed by atoms with van der Waals surface area (Å²) in [6, 6.07) is 20.1. The molecule has 1 aromatic heterocycles. The van der Waals surface area contributed by atoms with Crippen LogP contribution in [0.1, 0.15) is 29.4 Å². The maximum atomic E-state index is 6.57. The van der Waals surface area contributed by atoms with Crippen molar-refractivity contribution in [2.75, 3.05) is 6.61 Å². The Hall–Kier alpha value is -3.02. The van der Waals surface area contributed by atoms with Crippen LogP contribution < -0.4 is 14.8 Å². The Morgan fingerprint density at radius 1 is 0.968 bits per heavy atom. The monoisotopic (exact) mass is 435 g/mol. The summed E-state index contributed by atoms with van der Waals surface area (Å²) >= 11 is 6.57. The van der Waals surface area contributed by atoms with Gasteiger partial charge in [-0.25, -0.2) is 4.98 Å². The summed E-state index contributed by atoms with van der Waals surface area (Å²) in [5.74, 6) is 2.13. The highest BCUT2D eigenvalue weighted by Crippen LogP contribution is 2.37. The zero-order valence-corrected chi connectivity index (χ0v) is 18.5. The average Bonchev–Trinajstić information content (AvgIpc) is 3.16. The lowest BCUT2D eigenvalue weighted by Gasteiger charge is -2.16. The molecule has 31 heavy (non-hydrogen) atoms. The number of H-pyrrole nitrogens is 1. The zero-order valence-electron chi connectivity index (χ0n) is 17.7. The minimum Gasteiger partial charge on any atom is -0.490 e. The smallest absolute Gasteiger partial charge is 0.180 e. The van der Waals surface area contributed by atoms with E-state index in [0.29, 0.717) is 42.8 Å². The van der Waals surface area contributed by atoms with Gasteiger partial charge in [0.25, 0.3) is 0 Å². The molecular weight excluding hydrogens is 410 g/mol. The first kappa shape index (κ1) is 21.2. The quantitative estimate of drug-likeness (QED) is 0.349. The van der Waals surface area contributed by atoms with Gasteiger partial charge in [0.15, 0.2) is 11.5 Å². The summed E-state index contributed by atoms with van der Waals surface area (Å²) in [5.41, 5.74) is 5.32. The van der Waals surface area contributed by atoms with Gasteiger partial charge in [0.1, 0.15) is 12.4 Å². The van der Waals surface area contributed by atoms with E-state index < -0.39 is 0 Å². The van der Waals surface area contributed by atoms with Crippen LogP contribution >= 0.6 is 11.6 Å². The van der Waals surface area contributed by atoms with E-state index in [4.69, 9.17) is 21.1 Å². The van der Waals surface area contributed by atoms with Gasteiger partial charge in [0.05, 0.1) is 29.2 Å². The molecular formula is C25H26ClN3O2. The van der Waals surface area contributed by atoms with Crippen molar-refractivity contribution in [1.82, 2.24) is 15.3 Å². The van der Waals surface area contributed by atoms with E-state index in [9.17, 15) is 0 Å². The summed E-state index contributed by atoms with van der Waals surface area (Å²) < 4.78 is 11.9. The summed E-state index contributed by atoms with van der Waals surface area (Å²) in [5, 5.41) is 3.95. The first-order valence-corrected chi connectivity index (χ1v) is 10.8. The fraction of sp³-hybridized carbons (Fsp3) is 0.240. The first-order chi connectivity index (χ1) is 15.1. The van der Waals surface area contributed by atoms with Gasteiger partial charge in [-0.05, 0) is 49.2 Å². The molecule has 3 aromatic carbocycles. The third kappa shape index (κ3) is 5.37. The molecule has 0 aliphatic carbocycles. The van der Waals surface area contributed by atoms with E-state index >= 15 is 0 Å². The van der Waals surface area contributed by atoms with Crippen molar-refractivity contribution in [3.63, 3.8) is 0 Å². The number of nitrogens with zero attached hydrogens (tertiary/aromatic N) is 1. The highest BCUT2D eigenvalue weighted by molar-refractivity contribution is 6.32. The summed E-state index contributed by atoms with van der Waals surface area (Å²) in [6.07, 6.45) is 0. The van der Waals surface area contributed by atoms with Crippen LogP contribution in [0, 0.1) is 6.92 Å². The highest BCUT2D eigenvalue weighted by Gasteiger charge is 2.13. The van der Waals surface area contributed by atoms with Gasteiger partial charge in [0, 0.05) is 6.54 Å². The summed E-state index contributed by atoms with van der Waals surface area (Å²) in [7, 11) is 0. The second-order valence-electron chi connectivity index (χ2n) is 7.42. The van der Waals surface area contributed by atoms with Crippen molar-refractivity contribution >= 4 is 22.6 Å². The highest BCUT2D eigenvalue weighted by atomic mass is 35.5. The number of para-hydroxylation sites is 2. The molecule has 0 aliphatic rings. The van der Waals surface area contributed by atoms with Gasteiger partial charge in [-0.3, -0.25) is 0 Å². The van der Waals surface area contributed by atoms with Crippen LogP contribution in [0.25, 0.3) is 11.0 Å². The molecule has 1 heterocycles. The third-order valence-corrected chi connectivity index (χ3v) is 5.18. The minimum atomic E-state index is 0.436. The molecule has 6 heteroatoms. The summed E-state index contributed by atoms with van der Waals surface area (Å²) in [6.45, 7) is 6.25. The second-order valence-corrected chi connectivity index (χ2v) is 7.83. The Bertz CT molecular complexity index is 1140. The number of rotatable bonds is 9. The molecule has 2 N–H and O–H groups in total. The molecule has 0 radical (unpaired) electrons. The van der Waals surface area contributed by atoms with Gasteiger partial charge < -0.3 is 19.8 Å². The van der Waals surface area contributed by atoms with Crippen LogP contribution in [-0.4, -0.2) is 16.6 Å². The molecule has 0 spiro atoms. The molecule has 4 rings (SSSR count). The molecule has 0 aliphatic heterocycles. The number of fused-ring (bicyclic) bond motifs is 1. The van der Waals surface area contributed by atoms with Gasteiger partial charge in [-0.2, -0.15) is 0 Å².